The second kappa shape index (κ2) is 8.48. The maximum Gasteiger partial charge on any atom is 0.140 e. The van der Waals surface area contributed by atoms with Crippen molar-refractivity contribution in [2.75, 3.05) is 20.3 Å². The SMILES string of the molecule is COCCNCc1ccc(OCc2nc(C)cs2)c(Br)c1. The van der Waals surface area contributed by atoms with Gasteiger partial charge in [0.1, 0.15) is 17.4 Å². The van der Waals surface area contributed by atoms with Crippen molar-refractivity contribution in [1.29, 1.82) is 0 Å². The van der Waals surface area contributed by atoms with Gasteiger partial charge in [-0.25, -0.2) is 4.98 Å². The highest BCUT2D eigenvalue weighted by Gasteiger charge is 2.05. The Balaban J connectivity index is 1.86. The molecule has 0 fully saturated rings. The summed E-state index contributed by atoms with van der Waals surface area (Å²) in [6.07, 6.45) is 0. The summed E-state index contributed by atoms with van der Waals surface area (Å²) in [5.74, 6) is 0.837. The van der Waals surface area contributed by atoms with Crippen LogP contribution in [0.3, 0.4) is 0 Å². The summed E-state index contributed by atoms with van der Waals surface area (Å²) in [6, 6.07) is 6.12. The fourth-order valence-electron chi connectivity index (χ4n) is 1.79. The molecule has 0 aliphatic heterocycles. The normalized spacial score (nSPS) is 10.8. The van der Waals surface area contributed by atoms with E-state index in [0.29, 0.717) is 6.61 Å². The molecule has 0 amide bonds. The highest BCUT2D eigenvalue weighted by atomic mass is 79.9. The number of halogens is 1. The Labute approximate surface area is 137 Å². The van der Waals surface area contributed by atoms with Crippen molar-refractivity contribution in [2.24, 2.45) is 0 Å². The number of ether oxygens (including phenoxy) is 2. The third-order valence-corrected chi connectivity index (χ3v) is 4.39. The van der Waals surface area contributed by atoms with Crippen LogP contribution in [0.5, 0.6) is 5.75 Å². The summed E-state index contributed by atoms with van der Waals surface area (Å²) in [7, 11) is 1.70. The van der Waals surface area contributed by atoms with E-state index < -0.39 is 0 Å². The lowest BCUT2D eigenvalue weighted by atomic mass is 10.2. The lowest BCUT2D eigenvalue weighted by molar-refractivity contribution is 0.199. The number of nitrogens with one attached hydrogen (secondary N) is 1. The van der Waals surface area contributed by atoms with Crippen molar-refractivity contribution >= 4 is 27.3 Å². The van der Waals surface area contributed by atoms with Crippen molar-refractivity contribution in [3.63, 3.8) is 0 Å². The summed E-state index contributed by atoms with van der Waals surface area (Å²) < 4.78 is 11.8. The van der Waals surface area contributed by atoms with Gasteiger partial charge in [-0.3, -0.25) is 0 Å². The van der Waals surface area contributed by atoms with E-state index in [2.05, 4.69) is 38.4 Å². The van der Waals surface area contributed by atoms with Crippen LogP contribution in [0, 0.1) is 6.92 Å². The van der Waals surface area contributed by atoms with Gasteiger partial charge < -0.3 is 14.8 Å². The predicted molar refractivity (Wildman–Crippen MR) is 88.9 cm³/mol. The number of hydrogen-bond acceptors (Lipinski definition) is 5. The van der Waals surface area contributed by atoms with E-state index in [0.717, 1.165) is 40.6 Å². The number of benzene rings is 1. The zero-order valence-electron chi connectivity index (χ0n) is 12.2. The van der Waals surface area contributed by atoms with Gasteiger partial charge in [0, 0.05) is 31.3 Å². The van der Waals surface area contributed by atoms with Crippen LogP contribution in [0.1, 0.15) is 16.3 Å². The molecule has 0 aliphatic rings. The molecular formula is C15H19BrN2O2S. The Morgan fingerprint density at radius 1 is 1.38 bits per heavy atom. The van der Waals surface area contributed by atoms with E-state index in [1.54, 1.807) is 18.4 Å². The lowest BCUT2D eigenvalue weighted by Crippen LogP contribution is -2.18. The average molecular weight is 371 g/mol. The minimum atomic E-state index is 0.503. The molecule has 0 spiro atoms. The number of nitrogens with zero attached hydrogens (tertiary/aromatic N) is 1. The van der Waals surface area contributed by atoms with Gasteiger partial charge in [0.05, 0.1) is 11.1 Å². The second-order valence-electron chi connectivity index (χ2n) is 4.61. The maximum absolute atomic E-state index is 5.79. The molecule has 0 bridgehead atoms. The molecule has 1 aromatic carbocycles. The largest absolute Gasteiger partial charge is 0.485 e. The summed E-state index contributed by atoms with van der Waals surface area (Å²) >= 11 is 5.17. The van der Waals surface area contributed by atoms with E-state index in [1.165, 1.54) is 5.56 Å². The van der Waals surface area contributed by atoms with E-state index >= 15 is 0 Å². The molecular weight excluding hydrogens is 352 g/mol. The van der Waals surface area contributed by atoms with Crippen molar-refractivity contribution in [1.82, 2.24) is 10.3 Å². The van der Waals surface area contributed by atoms with Gasteiger partial charge in [-0.2, -0.15) is 0 Å². The van der Waals surface area contributed by atoms with Crippen LogP contribution in [0.4, 0.5) is 0 Å². The molecule has 2 aromatic rings. The quantitative estimate of drug-likeness (QED) is 0.721. The first-order valence-electron chi connectivity index (χ1n) is 6.71. The molecule has 4 nitrogen and oxygen atoms in total. The Kier molecular flexibility index (Phi) is 6.63. The van der Waals surface area contributed by atoms with E-state index in [-0.39, 0.29) is 0 Å². The molecule has 0 atom stereocenters. The molecule has 21 heavy (non-hydrogen) atoms. The average Bonchev–Trinajstić information content (AvgIpc) is 2.88. The predicted octanol–water partition coefficient (Wildman–Crippen LogP) is 3.53. The minimum Gasteiger partial charge on any atom is -0.485 e. The van der Waals surface area contributed by atoms with Crippen LogP contribution >= 0.6 is 27.3 Å². The molecule has 0 unspecified atom stereocenters. The van der Waals surface area contributed by atoms with Gasteiger partial charge in [-0.05, 0) is 40.5 Å². The summed E-state index contributed by atoms with van der Waals surface area (Å²) in [5, 5.41) is 6.34. The first kappa shape index (κ1) is 16.4. The topological polar surface area (TPSA) is 43.4 Å². The van der Waals surface area contributed by atoms with Crippen molar-refractivity contribution in [3.05, 3.63) is 44.3 Å². The van der Waals surface area contributed by atoms with Crippen LogP contribution in [0.15, 0.2) is 28.1 Å². The number of rotatable bonds is 8. The first-order valence-corrected chi connectivity index (χ1v) is 8.38. The van der Waals surface area contributed by atoms with Gasteiger partial charge in [0.15, 0.2) is 0 Å². The summed E-state index contributed by atoms with van der Waals surface area (Å²) in [5.41, 5.74) is 2.24. The highest BCUT2D eigenvalue weighted by molar-refractivity contribution is 9.10. The molecule has 1 heterocycles. The Bertz CT molecular complexity index is 575. The van der Waals surface area contributed by atoms with Gasteiger partial charge in [0.2, 0.25) is 0 Å². The highest BCUT2D eigenvalue weighted by Crippen LogP contribution is 2.27. The first-order chi connectivity index (χ1) is 10.2. The minimum absolute atomic E-state index is 0.503. The Morgan fingerprint density at radius 2 is 2.24 bits per heavy atom. The third-order valence-electron chi connectivity index (χ3n) is 2.83. The third kappa shape index (κ3) is 5.39. The fraction of sp³-hybridized carbons (Fsp3) is 0.400. The molecule has 0 aliphatic carbocycles. The number of methoxy groups -OCH3 is 1. The Morgan fingerprint density at radius 3 is 2.90 bits per heavy atom. The maximum atomic E-state index is 5.79. The Hall–Kier alpha value is -0.950. The van der Waals surface area contributed by atoms with Crippen molar-refractivity contribution in [2.45, 2.75) is 20.1 Å². The molecule has 0 saturated heterocycles. The molecule has 6 heteroatoms. The van der Waals surface area contributed by atoms with E-state index in [4.69, 9.17) is 9.47 Å². The molecule has 114 valence electrons. The zero-order valence-corrected chi connectivity index (χ0v) is 14.6. The van der Waals surface area contributed by atoms with Crippen molar-refractivity contribution in [3.8, 4) is 5.75 Å². The molecule has 2 rings (SSSR count). The number of aryl methyl sites for hydroxylation is 1. The van der Waals surface area contributed by atoms with Crippen LogP contribution in [-0.4, -0.2) is 25.2 Å². The lowest BCUT2D eigenvalue weighted by Gasteiger charge is -2.09. The van der Waals surface area contributed by atoms with Crippen LogP contribution in [0.25, 0.3) is 0 Å². The standard InChI is InChI=1S/C15H19BrN2O2S/c1-11-10-21-15(18-11)9-20-14-4-3-12(7-13(14)16)8-17-5-6-19-2/h3-4,7,10,17H,5-6,8-9H2,1-2H3. The monoisotopic (exact) mass is 370 g/mol. The summed E-state index contributed by atoms with van der Waals surface area (Å²) in [6.45, 7) is 4.86. The number of aromatic nitrogens is 1. The van der Waals surface area contributed by atoms with Gasteiger partial charge in [0.25, 0.3) is 0 Å². The van der Waals surface area contributed by atoms with Crippen molar-refractivity contribution < 1.29 is 9.47 Å². The zero-order chi connectivity index (χ0) is 15.1. The molecule has 1 aromatic heterocycles. The van der Waals surface area contributed by atoms with Crippen LogP contribution in [-0.2, 0) is 17.9 Å². The fourth-order valence-corrected chi connectivity index (χ4v) is 3.01. The van der Waals surface area contributed by atoms with E-state index in [1.807, 2.05) is 18.4 Å². The summed E-state index contributed by atoms with van der Waals surface area (Å²) in [4.78, 5) is 4.39. The van der Waals surface area contributed by atoms with Gasteiger partial charge >= 0.3 is 0 Å². The van der Waals surface area contributed by atoms with E-state index in [9.17, 15) is 0 Å². The van der Waals surface area contributed by atoms with Crippen LogP contribution < -0.4 is 10.1 Å². The smallest absolute Gasteiger partial charge is 0.140 e. The number of thiazole rings is 1. The molecule has 1 N–H and O–H groups in total. The number of hydrogen-bond donors (Lipinski definition) is 1. The second-order valence-corrected chi connectivity index (χ2v) is 6.40. The molecule has 0 radical (unpaired) electrons. The van der Waals surface area contributed by atoms with Crippen LogP contribution in [0.2, 0.25) is 0 Å². The van der Waals surface area contributed by atoms with Gasteiger partial charge in [-0.1, -0.05) is 6.07 Å². The molecule has 0 saturated carbocycles. The van der Waals surface area contributed by atoms with Gasteiger partial charge in [-0.15, -0.1) is 11.3 Å².